The Bertz CT molecular complexity index is 1360. The summed E-state index contributed by atoms with van der Waals surface area (Å²) in [5.74, 6) is -1.42. The topological polar surface area (TPSA) is 190 Å². The molecule has 41 heavy (non-hydrogen) atoms. The molecule has 2 aromatic carbocycles. The van der Waals surface area contributed by atoms with E-state index in [2.05, 4.69) is 38.8 Å². The van der Waals surface area contributed by atoms with Crippen LogP contribution in [0.1, 0.15) is 23.5 Å². The van der Waals surface area contributed by atoms with E-state index in [-0.39, 0.29) is 105 Å². The summed E-state index contributed by atoms with van der Waals surface area (Å²) in [6.07, 6.45) is -8.09. The number of aromatic nitrogens is 4. The first-order valence-corrected chi connectivity index (χ1v) is 9.62. The monoisotopic (exact) mass is 609 g/mol. The molecule has 4 rings (SSSR count). The van der Waals surface area contributed by atoms with Gasteiger partial charge in [-0.2, -0.15) is 11.3 Å². The third-order valence-corrected chi connectivity index (χ3v) is 3.93. The molecule has 0 saturated carbocycles. The van der Waals surface area contributed by atoms with Crippen molar-refractivity contribution in [2.45, 2.75) is 19.6 Å². The quantitative estimate of drug-likeness (QED) is 0.108. The molecule has 12 nitrogen and oxygen atoms in total. The van der Waals surface area contributed by atoms with Crippen molar-refractivity contribution in [2.24, 2.45) is 0 Å². The van der Waals surface area contributed by atoms with Gasteiger partial charge in [0.1, 0.15) is 17.4 Å². The SMILES string of the molecule is CC(=O)c1nc(-c2ccc(OC(F)(F)F)cc2)no1.O=[C-]c1nc(-c2ccc(OC(F)(F)F)cc2)no1.[Na+].[Na+].[OH-].[OH-]. The second-order valence-electron chi connectivity index (χ2n) is 6.65. The number of rotatable bonds is 6. The van der Waals surface area contributed by atoms with Crippen LogP contribution in [0.3, 0.4) is 0 Å². The van der Waals surface area contributed by atoms with E-state index in [4.69, 9.17) is 0 Å². The molecule has 210 valence electrons. The van der Waals surface area contributed by atoms with Crippen LogP contribution in [-0.2, 0) is 4.79 Å². The third kappa shape index (κ3) is 13.1. The Hall–Kier alpha value is -2.84. The Morgan fingerprint density at radius 1 is 0.732 bits per heavy atom. The van der Waals surface area contributed by atoms with Gasteiger partial charge in [-0.3, -0.25) is 4.79 Å². The predicted octanol–water partition coefficient (Wildman–Crippen LogP) is -1.41. The zero-order valence-corrected chi connectivity index (χ0v) is 25.0. The van der Waals surface area contributed by atoms with Crippen LogP contribution in [0, 0.1) is 0 Å². The Labute approximate surface area is 269 Å². The van der Waals surface area contributed by atoms with Crippen molar-refractivity contribution >= 4 is 12.1 Å². The van der Waals surface area contributed by atoms with Gasteiger partial charge in [0.05, 0.1) is 0 Å². The smallest absolute Gasteiger partial charge is 0.870 e. The predicted molar refractivity (Wildman–Crippen MR) is 112 cm³/mol. The molecule has 2 heterocycles. The van der Waals surface area contributed by atoms with Gasteiger partial charge in [0.2, 0.25) is 11.6 Å². The normalized spacial score (nSPS) is 10.2. The van der Waals surface area contributed by atoms with Gasteiger partial charge in [-0.05, 0) is 48.5 Å². The fourth-order valence-corrected chi connectivity index (χ4v) is 2.48. The van der Waals surface area contributed by atoms with Crippen LogP contribution in [0.25, 0.3) is 22.8 Å². The van der Waals surface area contributed by atoms with Gasteiger partial charge in [-0.15, -0.1) is 26.3 Å². The van der Waals surface area contributed by atoms with Crippen molar-refractivity contribution < 1.29 is 125 Å². The molecule has 0 amide bonds. The largest absolute Gasteiger partial charge is 1.00 e. The van der Waals surface area contributed by atoms with Crippen LogP contribution < -0.4 is 68.6 Å². The van der Waals surface area contributed by atoms with Crippen LogP contribution in [0.15, 0.2) is 57.6 Å². The molecular formula is C21H13F6N4Na2O8-. The Morgan fingerprint density at radius 3 is 1.44 bits per heavy atom. The summed E-state index contributed by atoms with van der Waals surface area (Å²) in [7, 11) is 0. The van der Waals surface area contributed by atoms with Crippen LogP contribution in [0.5, 0.6) is 11.5 Å². The number of benzene rings is 2. The van der Waals surface area contributed by atoms with E-state index in [0.717, 1.165) is 24.3 Å². The van der Waals surface area contributed by atoms with E-state index in [1.165, 1.54) is 37.5 Å². The van der Waals surface area contributed by atoms with Gasteiger partial charge in [0.25, 0.3) is 5.89 Å². The standard InChI is InChI=1S/C11H7F3N2O3.C10H4F3N2O3.2Na.2H2O/c1-6(17)10-15-9(16-19-10)7-2-4-8(5-3-7)18-11(12,13)14;11-10(12,13)17-7-3-1-6(2-4-7)9-14-8(5-16)18-15-9;;;;/h2-5H,1H3;1-4H;;;2*1H2/q;-1;2*+1;;/p-2. The molecule has 0 unspecified atom stereocenters. The molecule has 0 atom stereocenters. The van der Waals surface area contributed by atoms with Gasteiger partial charge in [-0.25, -0.2) is 4.98 Å². The van der Waals surface area contributed by atoms with Crippen molar-refractivity contribution in [3.05, 3.63) is 60.3 Å². The molecule has 20 heteroatoms. The zero-order valence-electron chi connectivity index (χ0n) is 21.0. The van der Waals surface area contributed by atoms with Gasteiger partial charge in [0.15, 0.2) is 5.82 Å². The molecule has 0 bridgehead atoms. The molecule has 0 aliphatic rings. The number of alkyl halides is 6. The molecule has 0 fully saturated rings. The van der Waals surface area contributed by atoms with Gasteiger partial charge in [-0.1, -0.05) is 10.3 Å². The third-order valence-electron chi connectivity index (χ3n) is 3.93. The summed E-state index contributed by atoms with van der Waals surface area (Å²) in [6.45, 7) is 1.26. The fourth-order valence-electron chi connectivity index (χ4n) is 2.48. The maximum Gasteiger partial charge on any atom is 1.00 e. The molecule has 0 radical (unpaired) electrons. The minimum Gasteiger partial charge on any atom is -0.870 e. The number of carbonyl (C=O) groups is 1. The van der Waals surface area contributed by atoms with Crippen LogP contribution in [0.4, 0.5) is 26.3 Å². The first-order chi connectivity index (χ1) is 17.3. The van der Waals surface area contributed by atoms with Crippen molar-refractivity contribution in [3.63, 3.8) is 0 Å². The summed E-state index contributed by atoms with van der Waals surface area (Å²) in [6, 6.07) is 9.71. The summed E-state index contributed by atoms with van der Waals surface area (Å²) < 4.78 is 88.2. The van der Waals surface area contributed by atoms with E-state index in [9.17, 15) is 35.9 Å². The Balaban J connectivity index is 0. The summed E-state index contributed by atoms with van der Waals surface area (Å²) in [5.41, 5.74) is 0.792. The minimum absolute atomic E-state index is 0. The first kappa shape index (κ1) is 40.3. The minimum atomic E-state index is -4.74. The van der Waals surface area contributed by atoms with E-state index in [1.807, 2.05) is 0 Å². The van der Waals surface area contributed by atoms with Crippen LogP contribution in [0.2, 0.25) is 0 Å². The van der Waals surface area contributed by atoms with Gasteiger partial charge >= 0.3 is 71.8 Å². The molecular weight excluding hydrogens is 596 g/mol. The molecule has 0 aliphatic heterocycles. The molecule has 0 spiro atoms. The van der Waals surface area contributed by atoms with Gasteiger partial charge < -0.3 is 34.3 Å². The average Bonchev–Trinajstić information content (AvgIpc) is 3.49. The number of hydrogen-bond donors (Lipinski definition) is 0. The van der Waals surface area contributed by atoms with Gasteiger partial charge in [0, 0.05) is 18.1 Å². The number of ether oxygens (including phenoxy) is 2. The average molecular weight is 609 g/mol. The number of ketones is 1. The van der Waals surface area contributed by atoms with Crippen molar-refractivity contribution in [1.29, 1.82) is 0 Å². The zero-order chi connectivity index (χ0) is 27.2. The fraction of sp³-hybridized carbons (Fsp3) is 0.143. The molecule has 4 aromatic rings. The van der Waals surface area contributed by atoms with Crippen LogP contribution >= 0.6 is 0 Å². The van der Waals surface area contributed by atoms with Crippen molar-refractivity contribution in [3.8, 4) is 34.3 Å². The molecule has 0 saturated heterocycles. The van der Waals surface area contributed by atoms with Crippen LogP contribution in [-0.4, -0.2) is 56.0 Å². The molecule has 2 aromatic heterocycles. The number of nitrogens with zero attached hydrogens (tertiary/aromatic N) is 4. The molecule has 2 N–H and O–H groups in total. The van der Waals surface area contributed by atoms with E-state index in [1.54, 1.807) is 0 Å². The Kier molecular flexibility index (Phi) is 16.9. The first-order valence-electron chi connectivity index (χ1n) is 9.62. The van der Waals surface area contributed by atoms with E-state index in [0.29, 0.717) is 11.1 Å². The summed E-state index contributed by atoms with van der Waals surface area (Å²) >= 11 is 0. The number of Topliss-reactive ketones (excluding diaryl/α,β-unsaturated/α-hetero) is 1. The second-order valence-corrected chi connectivity index (χ2v) is 6.65. The van der Waals surface area contributed by atoms with E-state index < -0.39 is 18.5 Å². The maximum absolute atomic E-state index is 12.0. The summed E-state index contributed by atoms with van der Waals surface area (Å²) in [4.78, 5) is 28.6. The number of carbonyl (C=O) groups excluding carboxylic acids is 2. The Morgan fingerprint density at radius 2 is 1.12 bits per heavy atom. The van der Waals surface area contributed by atoms with E-state index >= 15 is 0 Å². The molecule has 0 aliphatic carbocycles. The number of hydrogen-bond acceptors (Lipinski definition) is 12. The maximum atomic E-state index is 12.0. The van der Waals surface area contributed by atoms with Crippen molar-refractivity contribution in [2.75, 3.05) is 0 Å². The summed E-state index contributed by atoms with van der Waals surface area (Å²) in [5, 5.41) is 6.99. The van der Waals surface area contributed by atoms with Crippen molar-refractivity contribution in [1.82, 2.24) is 20.3 Å². The second kappa shape index (κ2) is 17.2. The number of halogens is 6.